The van der Waals surface area contributed by atoms with Gasteiger partial charge in [-0.15, -0.1) is 0 Å². The Morgan fingerprint density at radius 3 is 2.46 bits per heavy atom. The highest BCUT2D eigenvalue weighted by molar-refractivity contribution is 5.81. The molecule has 1 aliphatic carbocycles. The van der Waals surface area contributed by atoms with Gasteiger partial charge in [0.1, 0.15) is 5.78 Å². The van der Waals surface area contributed by atoms with Gasteiger partial charge in [-0.2, -0.15) is 0 Å². The van der Waals surface area contributed by atoms with Gasteiger partial charge < -0.3 is 5.32 Å². The topological polar surface area (TPSA) is 29.1 Å². The SMILES string of the molecule is CN[C@@H](CC1CCCCC1)C(C)=O. The minimum atomic E-state index is 0.100. The fourth-order valence-electron chi connectivity index (χ4n) is 2.24. The lowest BCUT2D eigenvalue weighted by molar-refractivity contribution is -0.119. The molecule has 13 heavy (non-hydrogen) atoms. The van der Waals surface area contributed by atoms with E-state index < -0.39 is 0 Å². The molecule has 76 valence electrons. The minimum absolute atomic E-state index is 0.100. The number of rotatable bonds is 4. The van der Waals surface area contributed by atoms with Crippen molar-refractivity contribution >= 4 is 5.78 Å². The average Bonchev–Trinajstić information content (AvgIpc) is 2.15. The highest BCUT2D eigenvalue weighted by Gasteiger charge is 2.20. The van der Waals surface area contributed by atoms with E-state index in [1.165, 1.54) is 32.1 Å². The smallest absolute Gasteiger partial charge is 0.146 e. The lowest BCUT2D eigenvalue weighted by atomic mass is 9.84. The molecule has 0 unspecified atom stereocenters. The summed E-state index contributed by atoms with van der Waals surface area (Å²) in [4.78, 5) is 11.2. The van der Waals surface area contributed by atoms with Crippen LogP contribution in [0.25, 0.3) is 0 Å². The van der Waals surface area contributed by atoms with E-state index in [4.69, 9.17) is 0 Å². The number of carbonyl (C=O) groups is 1. The van der Waals surface area contributed by atoms with Gasteiger partial charge in [-0.3, -0.25) is 4.79 Å². The second-order valence-corrected chi connectivity index (χ2v) is 4.19. The van der Waals surface area contributed by atoms with E-state index in [2.05, 4.69) is 5.32 Å². The Balaban J connectivity index is 2.31. The van der Waals surface area contributed by atoms with Gasteiger partial charge in [0.15, 0.2) is 0 Å². The maximum absolute atomic E-state index is 11.2. The predicted octanol–water partition coefficient (Wildman–Crippen LogP) is 2.13. The zero-order chi connectivity index (χ0) is 9.68. The molecular formula is C11H21NO. The molecule has 0 saturated heterocycles. The van der Waals surface area contributed by atoms with Crippen molar-refractivity contribution in [2.75, 3.05) is 7.05 Å². The van der Waals surface area contributed by atoms with Gasteiger partial charge in [0, 0.05) is 0 Å². The highest BCUT2D eigenvalue weighted by atomic mass is 16.1. The van der Waals surface area contributed by atoms with Crippen LogP contribution in [0.3, 0.4) is 0 Å². The molecule has 1 N–H and O–H groups in total. The molecule has 0 amide bonds. The molecule has 0 spiro atoms. The first kappa shape index (κ1) is 10.7. The molecule has 0 heterocycles. The van der Waals surface area contributed by atoms with E-state index in [-0.39, 0.29) is 11.8 Å². The van der Waals surface area contributed by atoms with Crippen LogP contribution in [-0.2, 0) is 4.79 Å². The maximum atomic E-state index is 11.2. The van der Waals surface area contributed by atoms with Crippen molar-refractivity contribution in [2.45, 2.75) is 51.5 Å². The Hall–Kier alpha value is -0.370. The third kappa shape index (κ3) is 3.47. The summed E-state index contributed by atoms with van der Waals surface area (Å²) >= 11 is 0. The van der Waals surface area contributed by atoms with Crippen LogP contribution in [0, 0.1) is 5.92 Å². The van der Waals surface area contributed by atoms with Crippen LogP contribution in [0.4, 0.5) is 0 Å². The summed E-state index contributed by atoms with van der Waals surface area (Å²) in [5, 5.41) is 3.10. The number of hydrogen-bond donors (Lipinski definition) is 1. The second-order valence-electron chi connectivity index (χ2n) is 4.19. The summed E-state index contributed by atoms with van der Waals surface area (Å²) in [6, 6.07) is 0.100. The van der Waals surface area contributed by atoms with E-state index >= 15 is 0 Å². The number of Topliss-reactive ketones (excluding diaryl/α,β-unsaturated/α-hetero) is 1. The number of ketones is 1. The number of likely N-dealkylation sites (N-methyl/N-ethyl adjacent to an activating group) is 1. The largest absolute Gasteiger partial charge is 0.311 e. The molecule has 1 atom stereocenters. The number of nitrogens with one attached hydrogen (secondary N) is 1. The molecule has 1 aliphatic rings. The van der Waals surface area contributed by atoms with Crippen molar-refractivity contribution in [2.24, 2.45) is 5.92 Å². The number of carbonyl (C=O) groups excluding carboxylic acids is 1. The normalized spacial score (nSPS) is 21.4. The van der Waals surface area contributed by atoms with Crippen molar-refractivity contribution in [3.8, 4) is 0 Å². The van der Waals surface area contributed by atoms with Crippen LogP contribution in [0.2, 0.25) is 0 Å². The van der Waals surface area contributed by atoms with Crippen molar-refractivity contribution in [3.63, 3.8) is 0 Å². The first-order valence-corrected chi connectivity index (χ1v) is 5.41. The fourth-order valence-corrected chi connectivity index (χ4v) is 2.24. The molecule has 1 saturated carbocycles. The van der Waals surface area contributed by atoms with Gasteiger partial charge in [0.25, 0.3) is 0 Å². The van der Waals surface area contributed by atoms with Gasteiger partial charge >= 0.3 is 0 Å². The molecule has 0 bridgehead atoms. The van der Waals surface area contributed by atoms with E-state index in [9.17, 15) is 4.79 Å². The van der Waals surface area contributed by atoms with Crippen LogP contribution in [-0.4, -0.2) is 18.9 Å². The van der Waals surface area contributed by atoms with Crippen LogP contribution in [0.5, 0.6) is 0 Å². The Kier molecular flexibility index (Phi) is 4.43. The molecular weight excluding hydrogens is 162 g/mol. The summed E-state index contributed by atoms with van der Waals surface area (Å²) in [6.07, 6.45) is 7.81. The predicted molar refractivity (Wildman–Crippen MR) is 54.7 cm³/mol. The molecule has 0 aliphatic heterocycles. The monoisotopic (exact) mass is 183 g/mol. The Morgan fingerprint density at radius 1 is 1.38 bits per heavy atom. The molecule has 1 rings (SSSR count). The summed E-state index contributed by atoms with van der Waals surface area (Å²) in [7, 11) is 1.88. The Bertz CT molecular complexity index is 161. The second kappa shape index (κ2) is 5.38. The molecule has 2 heteroatoms. The van der Waals surface area contributed by atoms with Crippen LogP contribution < -0.4 is 5.32 Å². The first-order valence-electron chi connectivity index (χ1n) is 5.41. The lowest BCUT2D eigenvalue weighted by Gasteiger charge is -2.24. The maximum Gasteiger partial charge on any atom is 0.146 e. The fraction of sp³-hybridized carbons (Fsp3) is 0.909. The summed E-state index contributed by atoms with van der Waals surface area (Å²) in [6.45, 7) is 1.68. The lowest BCUT2D eigenvalue weighted by Crippen LogP contribution is -2.34. The van der Waals surface area contributed by atoms with Crippen molar-refractivity contribution in [1.82, 2.24) is 5.32 Å². The third-order valence-electron chi connectivity index (χ3n) is 3.13. The van der Waals surface area contributed by atoms with E-state index in [1.807, 2.05) is 7.05 Å². The van der Waals surface area contributed by atoms with Gasteiger partial charge in [-0.25, -0.2) is 0 Å². The molecule has 1 fully saturated rings. The van der Waals surface area contributed by atoms with Crippen molar-refractivity contribution in [3.05, 3.63) is 0 Å². The van der Waals surface area contributed by atoms with Crippen molar-refractivity contribution < 1.29 is 4.79 Å². The van der Waals surface area contributed by atoms with Gasteiger partial charge in [0.2, 0.25) is 0 Å². The summed E-state index contributed by atoms with van der Waals surface area (Å²) < 4.78 is 0. The van der Waals surface area contributed by atoms with Gasteiger partial charge in [-0.05, 0) is 26.3 Å². The highest BCUT2D eigenvalue weighted by Crippen LogP contribution is 2.27. The van der Waals surface area contributed by atoms with E-state index in [1.54, 1.807) is 6.92 Å². The van der Waals surface area contributed by atoms with Crippen LogP contribution in [0.15, 0.2) is 0 Å². The first-order chi connectivity index (χ1) is 6.24. The zero-order valence-corrected chi connectivity index (χ0v) is 8.81. The molecule has 0 aromatic carbocycles. The minimum Gasteiger partial charge on any atom is -0.311 e. The molecule has 0 aromatic rings. The van der Waals surface area contributed by atoms with Gasteiger partial charge in [-0.1, -0.05) is 32.1 Å². The summed E-state index contributed by atoms with van der Waals surface area (Å²) in [5.41, 5.74) is 0. The third-order valence-corrected chi connectivity index (χ3v) is 3.13. The molecule has 2 nitrogen and oxygen atoms in total. The molecule has 0 aromatic heterocycles. The quantitative estimate of drug-likeness (QED) is 0.723. The van der Waals surface area contributed by atoms with E-state index in [0.717, 1.165) is 12.3 Å². The van der Waals surface area contributed by atoms with E-state index in [0.29, 0.717) is 0 Å². The Labute approximate surface area is 81.1 Å². The van der Waals surface area contributed by atoms with Crippen LogP contribution >= 0.6 is 0 Å². The van der Waals surface area contributed by atoms with Crippen molar-refractivity contribution in [1.29, 1.82) is 0 Å². The zero-order valence-electron chi connectivity index (χ0n) is 8.81. The Morgan fingerprint density at radius 2 is 2.00 bits per heavy atom. The van der Waals surface area contributed by atoms with Crippen LogP contribution in [0.1, 0.15) is 45.4 Å². The average molecular weight is 183 g/mol. The summed E-state index contributed by atoms with van der Waals surface area (Å²) in [5.74, 6) is 1.07. The standard InChI is InChI=1S/C11H21NO/c1-9(13)11(12-2)8-10-6-4-3-5-7-10/h10-12H,3-8H2,1-2H3/t11-/m0/s1. The van der Waals surface area contributed by atoms with Gasteiger partial charge in [0.05, 0.1) is 6.04 Å². The molecule has 0 radical (unpaired) electrons. The number of hydrogen-bond acceptors (Lipinski definition) is 2.